The number of rotatable bonds is 13. The molecule has 2 aromatic carbocycles. The Morgan fingerprint density at radius 3 is 2.53 bits per heavy atom. The first-order valence-electron chi connectivity index (χ1n) is 13.3. The molecule has 0 saturated carbocycles. The smallest absolute Gasteiger partial charge is 0.246 e. The normalized spacial score (nSPS) is 15.1. The lowest BCUT2D eigenvalue weighted by Crippen LogP contribution is -2.62. The average molecular weight is 537 g/mol. The van der Waals surface area contributed by atoms with Crippen molar-refractivity contribution in [1.29, 1.82) is 0 Å². The third-order valence-corrected chi connectivity index (χ3v) is 7.85. The number of halogens is 1. The number of amides is 2. The number of nitrogens with zero attached hydrogens (tertiary/aromatic N) is 3. The fourth-order valence-corrected chi connectivity index (χ4v) is 5.69. The maximum Gasteiger partial charge on any atom is 0.246 e. The second-order valence-corrected chi connectivity index (χ2v) is 10.7. The molecule has 7 nitrogen and oxygen atoms in total. The van der Waals surface area contributed by atoms with Crippen LogP contribution in [0, 0.1) is 0 Å². The minimum Gasteiger partial charge on any atom is -0.497 e. The lowest BCUT2D eigenvalue weighted by Gasteiger charge is -2.52. The van der Waals surface area contributed by atoms with Crippen molar-refractivity contribution in [2.45, 2.75) is 63.3 Å². The van der Waals surface area contributed by atoms with Crippen molar-refractivity contribution >= 4 is 23.4 Å². The Morgan fingerprint density at radius 1 is 1.13 bits per heavy atom. The molecule has 4 rings (SSSR count). The van der Waals surface area contributed by atoms with Crippen molar-refractivity contribution in [2.24, 2.45) is 5.73 Å². The van der Waals surface area contributed by atoms with Gasteiger partial charge in [0.2, 0.25) is 11.8 Å². The summed E-state index contributed by atoms with van der Waals surface area (Å²) in [5, 5.41) is 0.764. The van der Waals surface area contributed by atoms with Crippen LogP contribution in [0.4, 0.5) is 0 Å². The van der Waals surface area contributed by atoms with Crippen LogP contribution in [0.3, 0.4) is 0 Å². The summed E-state index contributed by atoms with van der Waals surface area (Å²) in [5.74, 6) is 0.454. The highest BCUT2D eigenvalue weighted by atomic mass is 35.5. The van der Waals surface area contributed by atoms with Crippen molar-refractivity contribution in [3.8, 4) is 5.75 Å². The van der Waals surface area contributed by atoms with E-state index in [0.717, 1.165) is 53.3 Å². The van der Waals surface area contributed by atoms with Crippen molar-refractivity contribution in [3.05, 3.63) is 82.9 Å². The number of ether oxygens (including phenoxy) is 1. The second kappa shape index (κ2) is 12.5. The van der Waals surface area contributed by atoms with E-state index in [4.69, 9.17) is 22.1 Å². The van der Waals surface area contributed by atoms with Crippen LogP contribution in [0.15, 0.2) is 61.1 Å². The number of imidazole rings is 1. The largest absolute Gasteiger partial charge is 0.497 e. The Morgan fingerprint density at radius 2 is 1.87 bits per heavy atom. The summed E-state index contributed by atoms with van der Waals surface area (Å²) in [6, 6.07) is 15.3. The third kappa shape index (κ3) is 6.38. The quantitative estimate of drug-likeness (QED) is 0.307. The predicted molar refractivity (Wildman–Crippen MR) is 149 cm³/mol. The minimum atomic E-state index is -0.460. The molecule has 2 heterocycles. The number of primary amides is 1. The van der Waals surface area contributed by atoms with Gasteiger partial charge in [-0.3, -0.25) is 9.59 Å². The number of carbonyl (C=O) groups is 2. The first-order valence-corrected chi connectivity index (χ1v) is 13.7. The topological polar surface area (TPSA) is 90.4 Å². The van der Waals surface area contributed by atoms with Gasteiger partial charge in [-0.25, -0.2) is 4.98 Å². The molecule has 2 N–H and O–H groups in total. The summed E-state index contributed by atoms with van der Waals surface area (Å²) in [6.45, 7) is 3.48. The molecule has 1 atom stereocenters. The molecule has 38 heavy (non-hydrogen) atoms. The molecular formula is C30H37ClN4O3. The van der Waals surface area contributed by atoms with Crippen LogP contribution in [0.2, 0.25) is 5.02 Å². The highest BCUT2D eigenvalue weighted by molar-refractivity contribution is 6.31. The van der Waals surface area contributed by atoms with Crippen LogP contribution in [0.25, 0.3) is 0 Å². The number of benzene rings is 2. The highest BCUT2D eigenvalue weighted by Crippen LogP contribution is 2.43. The summed E-state index contributed by atoms with van der Waals surface area (Å²) in [6.07, 6.45) is 9.12. The minimum absolute atomic E-state index is 0.0536. The SMILES string of the molecule is CCCCCC1(c2ccccc2Cl)CN(C(=O)[C@@H](Cc2ccc(OC)cc2)n2cnc(CCC(N)=O)c2)C1. The van der Waals surface area contributed by atoms with Gasteiger partial charge in [0.05, 0.1) is 19.1 Å². The molecule has 1 aliphatic heterocycles. The summed E-state index contributed by atoms with van der Waals surface area (Å²) < 4.78 is 7.17. The molecule has 1 aliphatic rings. The van der Waals surface area contributed by atoms with Gasteiger partial charge in [0.25, 0.3) is 0 Å². The summed E-state index contributed by atoms with van der Waals surface area (Å²) >= 11 is 6.65. The molecule has 1 fully saturated rings. The first-order chi connectivity index (χ1) is 18.3. The zero-order chi connectivity index (χ0) is 27.1. The fraction of sp³-hybridized carbons (Fsp3) is 0.433. The number of hydrogen-bond acceptors (Lipinski definition) is 4. The predicted octanol–water partition coefficient (Wildman–Crippen LogP) is 5.11. The number of hydrogen-bond donors (Lipinski definition) is 1. The molecule has 1 aromatic heterocycles. The van der Waals surface area contributed by atoms with E-state index in [1.54, 1.807) is 13.4 Å². The Kier molecular flexibility index (Phi) is 9.10. The van der Waals surface area contributed by atoms with Gasteiger partial charge in [0, 0.05) is 42.6 Å². The van der Waals surface area contributed by atoms with E-state index in [2.05, 4.69) is 18.0 Å². The molecule has 0 spiro atoms. The van der Waals surface area contributed by atoms with Gasteiger partial charge in [0.15, 0.2) is 0 Å². The Balaban J connectivity index is 1.57. The lowest BCUT2D eigenvalue weighted by atomic mass is 9.70. The zero-order valence-electron chi connectivity index (χ0n) is 22.2. The van der Waals surface area contributed by atoms with E-state index in [1.807, 2.05) is 58.1 Å². The van der Waals surface area contributed by atoms with Crippen molar-refractivity contribution in [2.75, 3.05) is 20.2 Å². The molecule has 1 saturated heterocycles. The standard InChI is InChI=1S/C30H37ClN4O3/c1-3-4-7-16-30(25-8-5-6-9-26(25)31)19-35(20-30)29(37)27(17-22-10-13-24(38-2)14-11-22)34-18-23(33-21-34)12-15-28(32)36/h5-6,8-11,13-14,18,21,27H,3-4,7,12,15-17,19-20H2,1-2H3,(H2,32,36)/t27-/m1/s1. The third-order valence-electron chi connectivity index (χ3n) is 7.52. The van der Waals surface area contributed by atoms with Gasteiger partial charge in [-0.05, 0) is 42.2 Å². The zero-order valence-corrected chi connectivity index (χ0v) is 23.0. The average Bonchev–Trinajstić information content (AvgIpc) is 3.37. The number of aromatic nitrogens is 2. The van der Waals surface area contributed by atoms with Gasteiger partial charge in [-0.1, -0.05) is 68.1 Å². The number of unbranched alkanes of at least 4 members (excludes halogenated alkanes) is 2. The monoisotopic (exact) mass is 536 g/mol. The highest BCUT2D eigenvalue weighted by Gasteiger charge is 2.48. The fourth-order valence-electron chi connectivity index (χ4n) is 5.35. The maximum absolute atomic E-state index is 14.0. The van der Waals surface area contributed by atoms with E-state index in [1.165, 1.54) is 0 Å². The van der Waals surface area contributed by atoms with Crippen LogP contribution in [-0.2, 0) is 27.8 Å². The van der Waals surface area contributed by atoms with Crippen LogP contribution < -0.4 is 10.5 Å². The molecule has 0 radical (unpaired) electrons. The first kappa shape index (κ1) is 27.7. The molecule has 0 bridgehead atoms. The molecule has 3 aromatic rings. The Bertz CT molecular complexity index is 1230. The Labute approximate surface area is 229 Å². The van der Waals surface area contributed by atoms with Gasteiger partial charge in [-0.2, -0.15) is 0 Å². The molecule has 0 unspecified atom stereocenters. The van der Waals surface area contributed by atoms with Gasteiger partial charge < -0.3 is 19.9 Å². The van der Waals surface area contributed by atoms with Gasteiger partial charge in [-0.15, -0.1) is 0 Å². The Hall–Kier alpha value is -3.32. The van der Waals surface area contributed by atoms with Crippen LogP contribution in [-0.4, -0.2) is 46.5 Å². The second-order valence-electron chi connectivity index (χ2n) is 10.3. The molecule has 8 heteroatoms. The number of nitrogens with two attached hydrogens (primary N) is 1. The number of carbonyl (C=O) groups excluding carboxylic acids is 2. The van der Waals surface area contributed by atoms with E-state index in [9.17, 15) is 9.59 Å². The van der Waals surface area contributed by atoms with Crippen LogP contribution in [0.5, 0.6) is 5.75 Å². The van der Waals surface area contributed by atoms with E-state index in [0.29, 0.717) is 25.9 Å². The van der Waals surface area contributed by atoms with Crippen molar-refractivity contribution < 1.29 is 14.3 Å². The van der Waals surface area contributed by atoms with Crippen molar-refractivity contribution in [3.63, 3.8) is 0 Å². The molecule has 0 aliphatic carbocycles. The summed E-state index contributed by atoms with van der Waals surface area (Å²) in [4.78, 5) is 31.7. The number of methoxy groups -OCH3 is 1. The lowest BCUT2D eigenvalue weighted by molar-refractivity contribution is -0.143. The van der Waals surface area contributed by atoms with E-state index < -0.39 is 6.04 Å². The maximum atomic E-state index is 14.0. The van der Waals surface area contributed by atoms with Gasteiger partial charge in [0.1, 0.15) is 11.8 Å². The molecule has 2 amide bonds. The number of aryl methyl sites for hydroxylation is 1. The van der Waals surface area contributed by atoms with Crippen LogP contribution >= 0.6 is 11.6 Å². The van der Waals surface area contributed by atoms with Crippen LogP contribution in [0.1, 0.15) is 61.9 Å². The van der Waals surface area contributed by atoms with Gasteiger partial charge >= 0.3 is 0 Å². The summed E-state index contributed by atoms with van der Waals surface area (Å²) in [7, 11) is 1.63. The van der Waals surface area contributed by atoms with E-state index in [-0.39, 0.29) is 23.7 Å². The molecular weight excluding hydrogens is 500 g/mol. The summed E-state index contributed by atoms with van der Waals surface area (Å²) in [5.41, 5.74) is 8.09. The number of likely N-dealkylation sites (tertiary alicyclic amines) is 1. The van der Waals surface area contributed by atoms with E-state index >= 15 is 0 Å². The molecule has 202 valence electrons. The van der Waals surface area contributed by atoms with Crippen molar-refractivity contribution in [1.82, 2.24) is 14.5 Å².